The van der Waals surface area contributed by atoms with Crippen molar-refractivity contribution >= 4 is 17.9 Å². The monoisotopic (exact) mass is 1140 g/mol. The van der Waals surface area contributed by atoms with Crippen molar-refractivity contribution in [3.05, 3.63) is 85.1 Å². The lowest BCUT2D eigenvalue weighted by molar-refractivity contribution is -0.167. The number of unbranched alkanes of at least 4 members (excludes halogenated alkanes) is 40. The summed E-state index contributed by atoms with van der Waals surface area (Å²) in [4.78, 5) is 38.3. The molecule has 0 bridgehead atoms. The zero-order chi connectivity index (χ0) is 59.2. The molecule has 6 nitrogen and oxygen atoms in total. The minimum absolute atomic E-state index is 0.0726. The van der Waals surface area contributed by atoms with Crippen LogP contribution in [0.1, 0.15) is 361 Å². The number of esters is 3. The fourth-order valence-electron chi connectivity index (χ4n) is 10.4. The SMILES string of the molecule is CC/C=C\C/C=C\C/C=C\C/C=C\C/C=C\C/C=C\C/C=C\CCCCCCCCCCCC(=O)OCC(COC(=O)CCCCCCCCCCCC)OC(=O)CCCCCCCCCCCCCCCCCCCCCCCCC. The van der Waals surface area contributed by atoms with Crippen LogP contribution in [0, 0.1) is 0 Å². The van der Waals surface area contributed by atoms with Crippen LogP contribution < -0.4 is 0 Å². The maximum atomic E-state index is 12.9. The molecule has 0 fully saturated rings. The molecule has 0 aliphatic carbocycles. The van der Waals surface area contributed by atoms with E-state index in [-0.39, 0.29) is 31.1 Å². The summed E-state index contributed by atoms with van der Waals surface area (Å²) in [5.74, 6) is -0.860. The number of carbonyl (C=O) groups is 3. The van der Waals surface area contributed by atoms with Crippen LogP contribution in [-0.2, 0) is 28.6 Å². The molecule has 1 unspecified atom stereocenters. The van der Waals surface area contributed by atoms with E-state index >= 15 is 0 Å². The number of allylic oxidation sites excluding steroid dienone is 14. The molecule has 1 atom stereocenters. The van der Waals surface area contributed by atoms with Crippen molar-refractivity contribution in [3.8, 4) is 0 Å². The molecule has 0 aliphatic heterocycles. The number of carbonyl (C=O) groups excluding carboxylic acids is 3. The molecule has 0 N–H and O–H groups in total. The molecular weight excluding hydrogens is 1010 g/mol. The van der Waals surface area contributed by atoms with Gasteiger partial charge < -0.3 is 14.2 Å². The van der Waals surface area contributed by atoms with Gasteiger partial charge in [-0.15, -0.1) is 0 Å². The number of rotatable bonds is 65. The number of hydrogen-bond donors (Lipinski definition) is 0. The van der Waals surface area contributed by atoms with Gasteiger partial charge in [0, 0.05) is 19.3 Å². The van der Waals surface area contributed by atoms with Gasteiger partial charge in [0.25, 0.3) is 0 Å². The van der Waals surface area contributed by atoms with Crippen molar-refractivity contribution in [1.82, 2.24) is 0 Å². The van der Waals surface area contributed by atoms with Crippen molar-refractivity contribution in [2.75, 3.05) is 13.2 Å². The molecule has 0 amide bonds. The van der Waals surface area contributed by atoms with Gasteiger partial charge in [0.15, 0.2) is 6.10 Å². The number of ether oxygens (including phenoxy) is 3. The van der Waals surface area contributed by atoms with E-state index in [1.807, 2.05) is 0 Å². The molecule has 0 spiro atoms. The fourth-order valence-corrected chi connectivity index (χ4v) is 10.4. The third kappa shape index (κ3) is 67.4. The largest absolute Gasteiger partial charge is 0.462 e. The van der Waals surface area contributed by atoms with Gasteiger partial charge >= 0.3 is 17.9 Å². The molecule has 6 heteroatoms. The summed E-state index contributed by atoms with van der Waals surface area (Å²) in [5.41, 5.74) is 0. The zero-order valence-electron chi connectivity index (χ0n) is 54.5. The van der Waals surface area contributed by atoms with Crippen LogP contribution in [-0.4, -0.2) is 37.2 Å². The third-order valence-electron chi connectivity index (χ3n) is 15.7. The van der Waals surface area contributed by atoms with Crippen LogP contribution in [0.3, 0.4) is 0 Å². The third-order valence-corrected chi connectivity index (χ3v) is 15.7. The average molecular weight is 1140 g/mol. The summed E-state index contributed by atoms with van der Waals surface area (Å²) >= 11 is 0. The van der Waals surface area contributed by atoms with Gasteiger partial charge in [-0.05, 0) is 77.0 Å². The normalized spacial score (nSPS) is 12.6. The summed E-state index contributed by atoms with van der Waals surface area (Å²) in [6.45, 7) is 6.56. The Hall–Kier alpha value is -3.41. The first-order chi connectivity index (χ1) is 40.5. The van der Waals surface area contributed by atoms with Crippen molar-refractivity contribution in [3.63, 3.8) is 0 Å². The van der Waals surface area contributed by atoms with E-state index < -0.39 is 6.10 Å². The summed E-state index contributed by atoms with van der Waals surface area (Å²) in [6, 6.07) is 0. The van der Waals surface area contributed by atoms with Gasteiger partial charge in [0.05, 0.1) is 0 Å². The Kier molecular flexibility index (Phi) is 67.2. The van der Waals surface area contributed by atoms with Gasteiger partial charge in [0.2, 0.25) is 0 Å². The van der Waals surface area contributed by atoms with E-state index in [1.54, 1.807) is 0 Å². The van der Waals surface area contributed by atoms with Crippen LogP contribution >= 0.6 is 0 Å². The first kappa shape index (κ1) is 78.6. The van der Waals surface area contributed by atoms with Crippen LogP contribution in [0.25, 0.3) is 0 Å². The van der Waals surface area contributed by atoms with Crippen molar-refractivity contribution in [1.29, 1.82) is 0 Å². The Morgan fingerprint density at radius 2 is 0.476 bits per heavy atom. The van der Waals surface area contributed by atoms with E-state index in [9.17, 15) is 14.4 Å². The highest BCUT2D eigenvalue weighted by atomic mass is 16.6. The maximum absolute atomic E-state index is 12.9. The van der Waals surface area contributed by atoms with Crippen LogP contribution in [0.5, 0.6) is 0 Å². The molecule has 0 aromatic heterocycles. The van der Waals surface area contributed by atoms with Gasteiger partial charge in [-0.3, -0.25) is 14.4 Å². The lowest BCUT2D eigenvalue weighted by atomic mass is 10.0. The first-order valence-electron chi connectivity index (χ1n) is 35.6. The van der Waals surface area contributed by atoms with Gasteiger partial charge in [-0.2, -0.15) is 0 Å². The van der Waals surface area contributed by atoms with E-state index in [4.69, 9.17) is 14.2 Å². The average Bonchev–Trinajstić information content (AvgIpc) is 3.47. The summed E-state index contributed by atoms with van der Waals surface area (Å²) in [7, 11) is 0. The fraction of sp³-hybridized carbons (Fsp3) is 0.776. The highest BCUT2D eigenvalue weighted by Gasteiger charge is 2.19. The molecule has 0 aromatic rings. The Labute approximate surface area is 509 Å². The maximum Gasteiger partial charge on any atom is 0.306 e. The Bertz CT molecular complexity index is 1550. The van der Waals surface area contributed by atoms with E-state index in [2.05, 4.69) is 106 Å². The summed E-state index contributed by atoms with van der Waals surface area (Å²) in [5, 5.41) is 0. The first-order valence-corrected chi connectivity index (χ1v) is 35.6. The lowest BCUT2D eigenvalue weighted by Gasteiger charge is -2.18. The smallest absolute Gasteiger partial charge is 0.306 e. The van der Waals surface area contributed by atoms with E-state index in [0.717, 1.165) is 109 Å². The molecule has 0 saturated carbocycles. The molecule has 0 aliphatic rings. The molecule has 0 aromatic carbocycles. The molecule has 0 saturated heterocycles. The predicted octanol–water partition coefficient (Wildman–Crippen LogP) is 24.6. The molecule has 0 rings (SSSR count). The Morgan fingerprint density at radius 3 is 0.744 bits per heavy atom. The second kappa shape index (κ2) is 70.1. The van der Waals surface area contributed by atoms with Crippen LogP contribution in [0.4, 0.5) is 0 Å². The molecular formula is C76H134O6. The highest BCUT2D eigenvalue weighted by molar-refractivity contribution is 5.71. The second-order valence-corrected chi connectivity index (χ2v) is 23.8. The lowest BCUT2D eigenvalue weighted by Crippen LogP contribution is -2.30. The second-order valence-electron chi connectivity index (χ2n) is 23.8. The van der Waals surface area contributed by atoms with E-state index in [0.29, 0.717) is 19.3 Å². The van der Waals surface area contributed by atoms with Gasteiger partial charge in [-0.25, -0.2) is 0 Å². The van der Waals surface area contributed by atoms with Crippen molar-refractivity contribution in [2.24, 2.45) is 0 Å². The quantitative estimate of drug-likeness (QED) is 0.0261. The standard InChI is InChI=1S/C76H134O6/c1-4-7-10-13-16-19-22-24-26-28-30-32-34-35-36-37-38-39-40-41-43-44-46-48-50-52-54-57-60-63-66-69-75(78)81-72-73(71-80-74(77)68-65-62-59-56-21-18-15-12-9-6-3)82-76(79)70-67-64-61-58-55-53-51-49-47-45-42-33-31-29-27-25-23-20-17-14-11-8-5-2/h7,10,16,19,24,26,30,32,35-36,38-39,41,43,73H,4-6,8-9,11-15,17-18,20-23,25,27-29,31,33-34,37,40,42,44-72H2,1-3H3/b10-7-,19-16-,26-24-,32-30-,36-35-,39-38-,43-41-. The van der Waals surface area contributed by atoms with Gasteiger partial charge in [-0.1, -0.05) is 350 Å². The van der Waals surface area contributed by atoms with Crippen LogP contribution in [0.2, 0.25) is 0 Å². The molecule has 0 radical (unpaired) electrons. The summed E-state index contributed by atoms with van der Waals surface area (Å²) < 4.78 is 17.0. The Balaban J connectivity index is 4.19. The van der Waals surface area contributed by atoms with Crippen LogP contribution in [0.15, 0.2) is 85.1 Å². The topological polar surface area (TPSA) is 78.9 Å². The minimum Gasteiger partial charge on any atom is -0.462 e. The molecule has 0 heterocycles. The molecule has 82 heavy (non-hydrogen) atoms. The van der Waals surface area contributed by atoms with Gasteiger partial charge in [0.1, 0.15) is 13.2 Å². The summed E-state index contributed by atoms with van der Waals surface area (Å²) in [6.07, 6.45) is 93.3. The van der Waals surface area contributed by atoms with E-state index in [1.165, 1.54) is 212 Å². The highest BCUT2D eigenvalue weighted by Crippen LogP contribution is 2.18. The Morgan fingerprint density at radius 1 is 0.256 bits per heavy atom. The molecule has 474 valence electrons. The van der Waals surface area contributed by atoms with Crippen molar-refractivity contribution < 1.29 is 28.6 Å². The van der Waals surface area contributed by atoms with Crippen molar-refractivity contribution in [2.45, 2.75) is 367 Å². The minimum atomic E-state index is -0.776. The zero-order valence-corrected chi connectivity index (χ0v) is 54.5. The number of hydrogen-bond acceptors (Lipinski definition) is 6. The predicted molar refractivity (Wildman–Crippen MR) is 358 cm³/mol.